The molecule has 0 bridgehead atoms. The van der Waals surface area contributed by atoms with Gasteiger partial charge in [0.1, 0.15) is 17.3 Å². The van der Waals surface area contributed by atoms with E-state index in [2.05, 4.69) is 15.9 Å². The summed E-state index contributed by atoms with van der Waals surface area (Å²) in [7, 11) is -4.19. The average molecular weight is 653 g/mol. The van der Waals surface area contributed by atoms with Crippen LogP contribution >= 0.6 is 39.3 Å². The van der Waals surface area contributed by atoms with Crippen molar-refractivity contribution in [2.45, 2.75) is 18.7 Å². The third-order valence-corrected chi connectivity index (χ3v) is 8.36. The number of thioether (sulfide) groups is 1. The van der Waals surface area contributed by atoms with E-state index < -0.39 is 21.3 Å². The molecule has 0 spiro atoms. The molecule has 0 saturated carbocycles. The van der Waals surface area contributed by atoms with Crippen molar-refractivity contribution in [3.05, 3.63) is 86.2 Å². The second-order valence-electron chi connectivity index (χ2n) is 8.25. The lowest BCUT2D eigenvalue weighted by atomic mass is 10.2. The van der Waals surface area contributed by atoms with Crippen LogP contribution in [0.5, 0.6) is 17.2 Å². The van der Waals surface area contributed by atoms with Crippen molar-refractivity contribution in [1.29, 1.82) is 0 Å². The fourth-order valence-corrected chi connectivity index (χ4v) is 6.17. The number of rotatable bonds is 10. The summed E-state index contributed by atoms with van der Waals surface area (Å²) in [5.41, 5.74) is 1.54. The zero-order valence-electron chi connectivity index (χ0n) is 20.8. The van der Waals surface area contributed by atoms with Crippen molar-refractivity contribution < 1.29 is 31.7 Å². The van der Waals surface area contributed by atoms with Gasteiger partial charge in [-0.05, 0) is 107 Å². The third-order valence-electron chi connectivity index (χ3n) is 5.37. The maximum Gasteiger partial charge on any atom is 0.339 e. The Bertz CT molecular complexity index is 1540. The molecule has 39 heavy (non-hydrogen) atoms. The molecule has 0 aromatic heterocycles. The van der Waals surface area contributed by atoms with Gasteiger partial charge in [-0.1, -0.05) is 23.7 Å². The van der Waals surface area contributed by atoms with E-state index >= 15 is 0 Å². The summed E-state index contributed by atoms with van der Waals surface area (Å²) >= 11 is 10.0. The first-order valence-corrected chi connectivity index (χ1v) is 15.1. The molecule has 0 aliphatic carbocycles. The Hall–Kier alpha value is -2.99. The highest BCUT2D eigenvalue weighted by atomic mass is 79.9. The van der Waals surface area contributed by atoms with Crippen LogP contribution in [0.4, 0.5) is 4.79 Å². The molecule has 4 rings (SSSR count). The van der Waals surface area contributed by atoms with Crippen LogP contribution in [0.1, 0.15) is 18.1 Å². The molecule has 1 saturated heterocycles. The molecule has 8 nitrogen and oxygen atoms in total. The van der Waals surface area contributed by atoms with E-state index in [1.54, 1.807) is 13.0 Å². The molecule has 1 aliphatic rings. The smallest absolute Gasteiger partial charge is 0.339 e. The summed E-state index contributed by atoms with van der Waals surface area (Å²) in [5.74, 6) is 0.301. The van der Waals surface area contributed by atoms with Gasteiger partial charge in [-0.2, -0.15) is 8.42 Å². The van der Waals surface area contributed by atoms with Gasteiger partial charge in [-0.15, -0.1) is 0 Å². The van der Waals surface area contributed by atoms with Crippen LogP contribution in [-0.4, -0.2) is 44.2 Å². The first kappa shape index (κ1) is 29.0. The molecule has 0 N–H and O–H groups in total. The number of aryl methyl sites for hydroxylation is 1. The topological polar surface area (TPSA) is 99.2 Å². The maximum atomic E-state index is 13.0. The van der Waals surface area contributed by atoms with Crippen molar-refractivity contribution in [1.82, 2.24) is 4.90 Å². The van der Waals surface area contributed by atoms with E-state index in [4.69, 9.17) is 25.3 Å². The molecule has 1 fully saturated rings. The van der Waals surface area contributed by atoms with E-state index in [1.807, 2.05) is 31.2 Å². The highest BCUT2D eigenvalue weighted by molar-refractivity contribution is 9.10. The van der Waals surface area contributed by atoms with Gasteiger partial charge in [-0.3, -0.25) is 14.5 Å². The number of nitrogens with zero attached hydrogens (tertiary/aromatic N) is 1. The van der Waals surface area contributed by atoms with E-state index in [9.17, 15) is 18.0 Å². The van der Waals surface area contributed by atoms with Crippen LogP contribution in [0.3, 0.4) is 0 Å². The minimum Gasteiger partial charge on any atom is -0.492 e. The van der Waals surface area contributed by atoms with Crippen molar-refractivity contribution in [3.8, 4) is 17.2 Å². The Kier molecular flexibility index (Phi) is 9.27. The minimum atomic E-state index is -4.19. The van der Waals surface area contributed by atoms with Crippen LogP contribution in [0.15, 0.2) is 74.9 Å². The molecule has 204 valence electrons. The molecule has 0 atom stereocenters. The van der Waals surface area contributed by atoms with Crippen LogP contribution in [0.2, 0.25) is 5.02 Å². The first-order valence-electron chi connectivity index (χ1n) is 11.7. The zero-order valence-corrected chi connectivity index (χ0v) is 24.8. The molecular formula is C27H23BrClNO7S2. The van der Waals surface area contributed by atoms with Crippen LogP contribution in [0.25, 0.3) is 6.08 Å². The number of carbonyl (C=O) groups is 2. The lowest BCUT2D eigenvalue weighted by molar-refractivity contribution is -0.123. The van der Waals surface area contributed by atoms with Gasteiger partial charge in [0.05, 0.1) is 22.5 Å². The molecule has 12 heteroatoms. The number of amides is 2. The molecule has 3 aromatic carbocycles. The molecule has 2 amide bonds. The molecule has 1 aliphatic heterocycles. The zero-order chi connectivity index (χ0) is 28.2. The normalized spacial score (nSPS) is 14.7. The van der Waals surface area contributed by atoms with Crippen molar-refractivity contribution in [2.75, 3.05) is 19.8 Å². The predicted octanol–water partition coefficient (Wildman–Crippen LogP) is 6.69. The van der Waals surface area contributed by atoms with Crippen molar-refractivity contribution in [2.24, 2.45) is 0 Å². The molecular weight excluding hydrogens is 630 g/mol. The van der Waals surface area contributed by atoms with Crippen LogP contribution < -0.4 is 13.7 Å². The fraction of sp³-hybridized carbons (Fsp3) is 0.185. The average Bonchev–Trinajstić information content (AvgIpc) is 3.14. The minimum absolute atomic E-state index is 0.0506. The number of benzene rings is 3. The number of hydrogen-bond donors (Lipinski definition) is 0. The monoisotopic (exact) mass is 651 g/mol. The van der Waals surface area contributed by atoms with Gasteiger partial charge in [0.2, 0.25) is 0 Å². The van der Waals surface area contributed by atoms with Gasteiger partial charge in [0.15, 0.2) is 11.5 Å². The maximum absolute atomic E-state index is 13.0. The van der Waals surface area contributed by atoms with E-state index in [0.29, 0.717) is 16.3 Å². The first-order chi connectivity index (χ1) is 18.6. The summed E-state index contributed by atoms with van der Waals surface area (Å²) in [6, 6.07) is 16.2. The van der Waals surface area contributed by atoms with E-state index in [0.717, 1.165) is 22.2 Å². The number of imide groups is 1. The molecule has 3 aromatic rings. The van der Waals surface area contributed by atoms with Gasteiger partial charge in [0.25, 0.3) is 11.1 Å². The predicted molar refractivity (Wildman–Crippen MR) is 154 cm³/mol. The Morgan fingerprint density at radius 2 is 1.79 bits per heavy atom. The van der Waals surface area contributed by atoms with E-state index in [1.165, 1.54) is 36.4 Å². The molecule has 1 heterocycles. The molecule has 0 unspecified atom stereocenters. The Balaban J connectivity index is 1.52. The van der Waals surface area contributed by atoms with Crippen molar-refractivity contribution in [3.63, 3.8) is 0 Å². The quantitative estimate of drug-likeness (QED) is 0.176. The summed E-state index contributed by atoms with van der Waals surface area (Å²) in [4.78, 5) is 26.7. The fourth-order valence-electron chi connectivity index (χ4n) is 3.58. The summed E-state index contributed by atoms with van der Waals surface area (Å²) in [6.45, 7) is 4.16. The SMILES string of the molecule is CCOc1cc(/C=C2\SC(=O)N(CCOc3cccc(C)c3)C2=O)cc(Br)c1OS(=O)(=O)c1ccc(Cl)cc1. The lowest BCUT2D eigenvalue weighted by Gasteiger charge is -2.15. The number of halogens is 2. The van der Waals surface area contributed by atoms with Crippen LogP contribution in [0, 0.1) is 6.92 Å². The van der Waals surface area contributed by atoms with Gasteiger partial charge >= 0.3 is 10.1 Å². The van der Waals surface area contributed by atoms with Crippen molar-refractivity contribution >= 4 is 66.6 Å². The van der Waals surface area contributed by atoms with E-state index in [-0.39, 0.29) is 45.5 Å². The van der Waals surface area contributed by atoms with Gasteiger partial charge in [-0.25, -0.2) is 0 Å². The number of ether oxygens (including phenoxy) is 2. The van der Waals surface area contributed by atoms with Crippen LogP contribution in [-0.2, 0) is 14.9 Å². The summed E-state index contributed by atoms with van der Waals surface area (Å²) in [6.07, 6.45) is 1.54. The Morgan fingerprint density at radius 3 is 2.49 bits per heavy atom. The summed E-state index contributed by atoms with van der Waals surface area (Å²) in [5, 5.41) is -0.0186. The number of carbonyl (C=O) groups excluding carboxylic acids is 2. The Labute approximate surface area is 244 Å². The third kappa shape index (κ3) is 7.16. The largest absolute Gasteiger partial charge is 0.492 e. The highest BCUT2D eigenvalue weighted by Crippen LogP contribution is 2.40. The summed E-state index contributed by atoms with van der Waals surface area (Å²) < 4.78 is 42.7. The second-order valence-corrected chi connectivity index (χ2v) is 12.1. The second kappa shape index (κ2) is 12.5. The lowest BCUT2D eigenvalue weighted by Crippen LogP contribution is -2.32. The number of hydrogen-bond acceptors (Lipinski definition) is 8. The highest BCUT2D eigenvalue weighted by Gasteiger charge is 2.35. The van der Waals surface area contributed by atoms with Gasteiger partial charge in [0, 0.05) is 5.02 Å². The van der Waals surface area contributed by atoms with Gasteiger partial charge < -0.3 is 13.7 Å². The standard InChI is InChI=1S/C27H23BrClNO7S2/c1-3-35-23-15-18(14-22(28)25(23)37-39(33,34)21-9-7-19(29)8-10-21)16-24-26(31)30(27(32)38-24)11-12-36-20-6-4-5-17(2)13-20/h4-10,13-16H,3,11-12H2,1-2H3/b24-16-. The molecule has 0 radical (unpaired) electrons. The Morgan fingerprint density at radius 1 is 1.05 bits per heavy atom.